The van der Waals surface area contributed by atoms with Crippen molar-refractivity contribution in [3.05, 3.63) is 64.3 Å². The lowest BCUT2D eigenvalue weighted by atomic mass is 10.1. The molecule has 7 nitrogen and oxygen atoms in total. The molecule has 0 aliphatic carbocycles. The average molecular weight is 411 g/mol. The Morgan fingerprint density at radius 1 is 1.14 bits per heavy atom. The SMILES string of the molecule is COC(=O)C1=C(O)/C(=C\c2ccc3c(c2)OCO3)SC1=Nc1ccc(OC)cc1. The van der Waals surface area contributed by atoms with E-state index in [1.807, 2.05) is 6.07 Å². The van der Waals surface area contributed by atoms with E-state index in [1.165, 1.54) is 18.9 Å². The second-order valence-corrected chi connectivity index (χ2v) is 7.08. The number of hydrogen-bond donors (Lipinski definition) is 1. The summed E-state index contributed by atoms with van der Waals surface area (Å²) in [6.07, 6.45) is 1.75. The Balaban J connectivity index is 1.70. The van der Waals surface area contributed by atoms with E-state index >= 15 is 0 Å². The van der Waals surface area contributed by atoms with Gasteiger partial charge < -0.3 is 24.1 Å². The topological polar surface area (TPSA) is 86.6 Å². The second-order valence-electron chi connectivity index (χ2n) is 6.05. The van der Waals surface area contributed by atoms with Crippen molar-refractivity contribution >= 4 is 34.5 Å². The molecule has 0 fully saturated rings. The highest BCUT2D eigenvalue weighted by Gasteiger charge is 2.33. The number of carbonyl (C=O) groups is 1. The van der Waals surface area contributed by atoms with Gasteiger partial charge in [-0.05, 0) is 48.0 Å². The van der Waals surface area contributed by atoms with E-state index < -0.39 is 5.97 Å². The first-order valence-corrected chi connectivity index (χ1v) is 9.45. The molecule has 0 atom stereocenters. The Morgan fingerprint density at radius 2 is 1.90 bits per heavy atom. The van der Waals surface area contributed by atoms with Gasteiger partial charge in [0.15, 0.2) is 11.5 Å². The van der Waals surface area contributed by atoms with Gasteiger partial charge in [0.25, 0.3) is 0 Å². The third-order valence-electron chi connectivity index (χ3n) is 4.28. The van der Waals surface area contributed by atoms with Crippen LogP contribution in [0.4, 0.5) is 5.69 Å². The zero-order valence-electron chi connectivity index (χ0n) is 15.7. The van der Waals surface area contributed by atoms with Gasteiger partial charge in [-0.15, -0.1) is 0 Å². The fraction of sp³-hybridized carbons (Fsp3) is 0.143. The first-order chi connectivity index (χ1) is 14.1. The van der Waals surface area contributed by atoms with Crippen LogP contribution in [-0.4, -0.2) is 37.1 Å². The number of aliphatic imine (C=N–C) groups is 1. The van der Waals surface area contributed by atoms with Gasteiger partial charge in [0, 0.05) is 0 Å². The first-order valence-electron chi connectivity index (χ1n) is 8.63. The molecular weight excluding hydrogens is 394 g/mol. The third kappa shape index (κ3) is 3.79. The number of aliphatic hydroxyl groups is 1. The molecule has 29 heavy (non-hydrogen) atoms. The lowest BCUT2D eigenvalue weighted by molar-refractivity contribution is -0.135. The molecule has 2 aliphatic heterocycles. The van der Waals surface area contributed by atoms with E-state index in [0.29, 0.717) is 32.9 Å². The number of esters is 1. The van der Waals surface area contributed by atoms with Gasteiger partial charge >= 0.3 is 5.97 Å². The highest BCUT2D eigenvalue weighted by atomic mass is 32.2. The minimum atomic E-state index is -0.656. The molecule has 2 aromatic rings. The number of benzene rings is 2. The summed E-state index contributed by atoms with van der Waals surface area (Å²) in [4.78, 5) is 17.2. The molecular formula is C21H17NO6S. The van der Waals surface area contributed by atoms with Crippen molar-refractivity contribution in [1.29, 1.82) is 0 Å². The van der Waals surface area contributed by atoms with Crippen LogP contribution in [0.5, 0.6) is 17.2 Å². The summed E-state index contributed by atoms with van der Waals surface area (Å²) in [5.74, 6) is 1.17. The number of thioether (sulfide) groups is 1. The number of fused-ring (bicyclic) bond motifs is 1. The van der Waals surface area contributed by atoms with Crippen molar-refractivity contribution in [2.75, 3.05) is 21.0 Å². The Hall–Kier alpha value is -3.39. The zero-order chi connectivity index (χ0) is 20.4. The van der Waals surface area contributed by atoms with Crippen molar-refractivity contribution in [2.24, 2.45) is 4.99 Å². The molecule has 2 heterocycles. The molecule has 1 N–H and O–H groups in total. The number of rotatable bonds is 4. The Labute approximate surface area is 171 Å². The molecule has 148 valence electrons. The first kappa shape index (κ1) is 18.9. The molecule has 2 aliphatic rings. The normalized spacial score (nSPS) is 17.9. The number of aliphatic hydroxyl groups excluding tert-OH is 1. The summed E-state index contributed by atoms with van der Waals surface area (Å²) >= 11 is 1.19. The van der Waals surface area contributed by atoms with Crippen LogP contribution in [0.25, 0.3) is 6.08 Å². The summed E-state index contributed by atoms with van der Waals surface area (Å²) in [7, 11) is 2.84. The van der Waals surface area contributed by atoms with Gasteiger partial charge in [0.2, 0.25) is 6.79 Å². The molecule has 0 spiro atoms. The Bertz CT molecular complexity index is 1060. The fourth-order valence-corrected chi connectivity index (χ4v) is 3.85. The van der Waals surface area contributed by atoms with Gasteiger partial charge in [-0.1, -0.05) is 17.8 Å². The smallest absolute Gasteiger partial charge is 0.344 e. The summed E-state index contributed by atoms with van der Waals surface area (Å²) < 4.78 is 20.7. The summed E-state index contributed by atoms with van der Waals surface area (Å²) in [5.41, 5.74) is 1.44. The summed E-state index contributed by atoms with van der Waals surface area (Å²) in [6, 6.07) is 12.5. The van der Waals surface area contributed by atoms with Crippen molar-refractivity contribution in [1.82, 2.24) is 0 Å². The maximum atomic E-state index is 12.3. The molecule has 0 radical (unpaired) electrons. The van der Waals surface area contributed by atoms with E-state index in [9.17, 15) is 9.90 Å². The number of ether oxygens (including phenoxy) is 4. The molecule has 2 aromatic carbocycles. The second kappa shape index (κ2) is 7.92. The third-order valence-corrected chi connectivity index (χ3v) is 5.30. The maximum absolute atomic E-state index is 12.3. The standard InChI is InChI=1S/C21H17NO6S/c1-25-14-6-4-13(5-7-14)22-20-18(21(24)26-2)19(23)17(29-20)10-12-3-8-15-16(9-12)28-11-27-15/h3-10,23H,11H2,1-2H3/b17-10+,22-20?. The quantitative estimate of drug-likeness (QED) is 0.754. The molecule has 0 saturated carbocycles. The van der Waals surface area contributed by atoms with E-state index in [1.54, 1.807) is 49.6 Å². The summed E-state index contributed by atoms with van der Waals surface area (Å²) in [5, 5.41) is 11.0. The molecule has 0 saturated heterocycles. The van der Waals surface area contributed by atoms with E-state index in [2.05, 4.69) is 4.99 Å². The van der Waals surface area contributed by atoms with E-state index in [4.69, 9.17) is 18.9 Å². The summed E-state index contributed by atoms with van der Waals surface area (Å²) in [6.45, 7) is 0.181. The van der Waals surface area contributed by atoms with Crippen molar-refractivity contribution in [2.45, 2.75) is 0 Å². The van der Waals surface area contributed by atoms with E-state index in [0.717, 1.165) is 5.56 Å². The number of carbonyl (C=O) groups excluding carboxylic acids is 1. The largest absolute Gasteiger partial charge is 0.506 e. The van der Waals surface area contributed by atoms with Crippen molar-refractivity contribution in [3.63, 3.8) is 0 Å². The number of methoxy groups -OCH3 is 2. The molecule has 0 aromatic heterocycles. The van der Waals surface area contributed by atoms with Crippen LogP contribution in [0.15, 0.2) is 63.7 Å². The highest BCUT2D eigenvalue weighted by molar-refractivity contribution is 8.18. The van der Waals surface area contributed by atoms with Crippen LogP contribution in [0, 0.1) is 0 Å². The fourth-order valence-electron chi connectivity index (χ4n) is 2.82. The lowest BCUT2D eigenvalue weighted by Crippen LogP contribution is -2.10. The van der Waals surface area contributed by atoms with Gasteiger partial charge in [0.05, 0.1) is 24.8 Å². The maximum Gasteiger partial charge on any atom is 0.344 e. The molecule has 8 heteroatoms. The lowest BCUT2D eigenvalue weighted by Gasteiger charge is -2.03. The van der Waals surface area contributed by atoms with Crippen molar-refractivity contribution < 1.29 is 28.8 Å². The van der Waals surface area contributed by atoms with Gasteiger partial charge in [-0.2, -0.15) is 0 Å². The molecule has 0 bridgehead atoms. The van der Waals surface area contributed by atoms with E-state index in [-0.39, 0.29) is 18.1 Å². The minimum Gasteiger partial charge on any atom is -0.506 e. The molecule has 0 amide bonds. The number of hydrogen-bond acceptors (Lipinski definition) is 8. The zero-order valence-corrected chi connectivity index (χ0v) is 16.5. The minimum absolute atomic E-state index is 0.0281. The molecule has 4 rings (SSSR count). The Morgan fingerprint density at radius 3 is 2.62 bits per heavy atom. The average Bonchev–Trinajstić information content (AvgIpc) is 3.32. The van der Waals surface area contributed by atoms with Crippen LogP contribution in [-0.2, 0) is 9.53 Å². The van der Waals surface area contributed by atoms with Crippen LogP contribution < -0.4 is 14.2 Å². The predicted molar refractivity (Wildman–Crippen MR) is 110 cm³/mol. The van der Waals surface area contributed by atoms with Crippen LogP contribution in [0.1, 0.15) is 5.56 Å². The van der Waals surface area contributed by atoms with Gasteiger partial charge in [-0.25, -0.2) is 9.79 Å². The monoisotopic (exact) mass is 411 g/mol. The van der Waals surface area contributed by atoms with Crippen LogP contribution >= 0.6 is 11.8 Å². The van der Waals surface area contributed by atoms with Crippen LogP contribution in [0.3, 0.4) is 0 Å². The number of nitrogens with zero attached hydrogens (tertiary/aromatic N) is 1. The Kier molecular flexibility index (Phi) is 5.18. The molecule has 0 unspecified atom stereocenters. The van der Waals surface area contributed by atoms with Gasteiger partial charge in [-0.3, -0.25) is 0 Å². The van der Waals surface area contributed by atoms with Crippen LogP contribution in [0.2, 0.25) is 0 Å². The van der Waals surface area contributed by atoms with Crippen molar-refractivity contribution in [3.8, 4) is 17.2 Å². The predicted octanol–water partition coefficient (Wildman–Crippen LogP) is 4.23. The highest BCUT2D eigenvalue weighted by Crippen LogP contribution is 2.41. The van der Waals surface area contributed by atoms with Gasteiger partial charge in [0.1, 0.15) is 22.1 Å².